The summed E-state index contributed by atoms with van der Waals surface area (Å²) in [5.74, 6) is 0. The third kappa shape index (κ3) is 1.46. The van der Waals surface area contributed by atoms with Crippen molar-refractivity contribution in [3.8, 4) is 0 Å². The molecule has 3 nitrogen and oxygen atoms in total. The van der Waals surface area contributed by atoms with E-state index in [9.17, 15) is 0 Å². The molecular weight excluding hydrogens is 222 g/mol. The lowest BCUT2D eigenvalue weighted by Crippen LogP contribution is -2.39. The molecular formula is C8H10BrNO2. The number of hydrogen-bond donors (Lipinski definition) is 0. The van der Waals surface area contributed by atoms with E-state index >= 15 is 0 Å². The zero-order valence-corrected chi connectivity index (χ0v) is 8.16. The Bertz CT molecular complexity index is 223. The largest absolute Gasteiger partial charge is 0.348 e. The minimum Gasteiger partial charge on any atom is -0.348 e. The predicted molar refractivity (Wildman–Crippen MR) is 49.6 cm³/mol. The van der Waals surface area contributed by atoms with E-state index < -0.39 is 0 Å². The molecule has 1 fully saturated rings. The first kappa shape index (κ1) is 8.41. The lowest BCUT2D eigenvalue weighted by molar-refractivity contribution is -0.0511. The van der Waals surface area contributed by atoms with Crippen molar-refractivity contribution >= 4 is 22.1 Å². The average Bonchev–Trinajstić information content (AvgIpc) is 2.58. The van der Waals surface area contributed by atoms with E-state index in [0.29, 0.717) is 13.2 Å². The fourth-order valence-electron chi connectivity index (χ4n) is 1.31. The first-order valence-electron chi connectivity index (χ1n) is 3.93. The molecule has 2 aliphatic heterocycles. The van der Waals surface area contributed by atoms with Gasteiger partial charge in [0.2, 0.25) is 0 Å². The van der Waals surface area contributed by atoms with E-state index in [1.807, 2.05) is 12.3 Å². The lowest BCUT2D eigenvalue weighted by Gasteiger charge is -2.27. The number of rotatable bonds is 1. The maximum absolute atomic E-state index is 5.40. The Hall–Kier alpha value is -0.190. The fraction of sp³-hybridized carbons (Fsp3) is 0.625. The quantitative estimate of drug-likeness (QED) is 0.641. The first-order chi connectivity index (χ1) is 5.81. The van der Waals surface area contributed by atoms with Crippen molar-refractivity contribution < 1.29 is 9.47 Å². The predicted octanol–water partition coefficient (Wildman–Crippen LogP) is 1.48. The van der Waals surface area contributed by atoms with E-state index in [-0.39, 0.29) is 10.6 Å². The number of hydrogen-bond acceptors (Lipinski definition) is 3. The summed E-state index contributed by atoms with van der Waals surface area (Å²) in [6, 6.07) is 0. The average molecular weight is 232 g/mol. The summed E-state index contributed by atoms with van der Waals surface area (Å²) < 4.78 is 10.6. The molecule has 2 aliphatic rings. The Balaban J connectivity index is 2.09. The first-order valence-corrected chi connectivity index (χ1v) is 4.72. The monoisotopic (exact) mass is 231 g/mol. The molecule has 1 atom stereocenters. The summed E-state index contributed by atoms with van der Waals surface area (Å²) in [5.41, 5.74) is 0. The third-order valence-corrected chi connectivity index (χ3v) is 2.83. The van der Waals surface area contributed by atoms with E-state index in [2.05, 4.69) is 20.9 Å². The molecule has 2 rings (SSSR count). The van der Waals surface area contributed by atoms with Gasteiger partial charge >= 0.3 is 0 Å². The van der Waals surface area contributed by atoms with Crippen LogP contribution in [0.3, 0.4) is 0 Å². The van der Waals surface area contributed by atoms with Crippen molar-refractivity contribution in [1.82, 2.24) is 0 Å². The van der Waals surface area contributed by atoms with Crippen LogP contribution in [0.4, 0.5) is 0 Å². The van der Waals surface area contributed by atoms with Crippen LogP contribution in [0.15, 0.2) is 17.3 Å². The van der Waals surface area contributed by atoms with Gasteiger partial charge in [-0.1, -0.05) is 22.0 Å². The van der Waals surface area contributed by atoms with Gasteiger partial charge in [-0.05, 0) is 6.42 Å². The smallest absolute Gasteiger partial charge is 0.178 e. The maximum Gasteiger partial charge on any atom is 0.178 e. The molecule has 0 aromatic rings. The van der Waals surface area contributed by atoms with Crippen molar-refractivity contribution in [3.05, 3.63) is 12.3 Å². The van der Waals surface area contributed by atoms with Crippen LogP contribution < -0.4 is 0 Å². The van der Waals surface area contributed by atoms with Crippen molar-refractivity contribution in [3.63, 3.8) is 0 Å². The summed E-state index contributed by atoms with van der Waals surface area (Å²) >= 11 is 3.57. The Morgan fingerprint density at radius 1 is 1.42 bits per heavy atom. The summed E-state index contributed by atoms with van der Waals surface area (Å²) in [5, 5.41) is 0. The Morgan fingerprint density at radius 2 is 2.17 bits per heavy atom. The number of nitrogens with zero attached hydrogens (tertiary/aromatic N) is 1. The van der Waals surface area contributed by atoms with Gasteiger partial charge in [-0.2, -0.15) is 0 Å². The number of allylic oxidation sites excluding steroid dienone is 1. The van der Waals surface area contributed by atoms with Gasteiger partial charge in [0.25, 0.3) is 0 Å². The van der Waals surface area contributed by atoms with Gasteiger partial charge in [0.15, 0.2) is 6.29 Å². The molecule has 1 unspecified atom stereocenters. The molecule has 0 N–H and O–H groups in total. The van der Waals surface area contributed by atoms with Crippen LogP contribution >= 0.6 is 15.9 Å². The minimum atomic E-state index is -0.252. The van der Waals surface area contributed by atoms with Crippen LogP contribution in [0.5, 0.6) is 0 Å². The molecule has 12 heavy (non-hydrogen) atoms. The van der Waals surface area contributed by atoms with E-state index in [1.54, 1.807) is 6.20 Å². The zero-order valence-electron chi connectivity index (χ0n) is 6.57. The van der Waals surface area contributed by atoms with Crippen molar-refractivity contribution in [2.24, 2.45) is 4.99 Å². The molecule has 2 heterocycles. The molecule has 66 valence electrons. The van der Waals surface area contributed by atoms with Crippen LogP contribution in [-0.4, -0.2) is 30.0 Å². The van der Waals surface area contributed by atoms with E-state index in [4.69, 9.17) is 9.47 Å². The van der Waals surface area contributed by atoms with Crippen LogP contribution in [0.25, 0.3) is 0 Å². The van der Waals surface area contributed by atoms with E-state index in [0.717, 1.165) is 6.42 Å². The van der Waals surface area contributed by atoms with Crippen molar-refractivity contribution in [1.29, 1.82) is 0 Å². The van der Waals surface area contributed by atoms with Crippen LogP contribution in [0.2, 0.25) is 0 Å². The number of halogens is 1. The highest BCUT2D eigenvalue weighted by Gasteiger charge is 2.39. The second-order valence-electron chi connectivity index (χ2n) is 2.87. The fourth-order valence-corrected chi connectivity index (χ4v) is 1.88. The topological polar surface area (TPSA) is 30.8 Å². The Morgan fingerprint density at radius 3 is 2.75 bits per heavy atom. The third-order valence-electron chi connectivity index (χ3n) is 1.92. The molecule has 0 aromatic heterocycles. The molecule has 0 spiro atoms. The van der Waals surface area contributed by atoms with Gasteiger partial charge in [0, 0.05) is 12.4 Å². The minimum absolute atomic E-state index is 0.189. The maximum atomic E-state index is 5.40. The number of alkyl halides is 1. The molecule has 0 amide bonds. The molecule has 0 aliphatic carbocycles. The molecule has 0 bridgehead atoms. The SMILES string of the molecule is BrC1(C2OCCO2)C=NC=CC1. The summed E-state index contributed by atoms with van der Waals surface area (Å²) in [6.45, 7) is 1.35. The summed E-state index contributed by atoms with van der Waals surface area (Å²) in [4.78, 5) is 4.06. The highest BCUT2D eigenvalue weighted by molar-refractivity contribution is 9.10. The summed E-state index contributed by atoms with van der Waals surface area (Å²) in [7, 11) is 0. The summed E-state index contributed by atoms with van der Waals surface area (Å²) in [6.07, 6.45) is 6.30. The highest BCUT2D eigenvalue weighted by Crippen LogP contribution is 2.32. The Kier molecular flexibility index (Phi) is 2.30. The number of aliphatic imine (C=N–C) groups is 1. The normalized spacial score (nSPS) is 36.1. The standard InChI is InChI=1S/C8H10BrNO2/c9-8(2-1-3-10-6-8)7-11-4-5-12-7/h1,3,6-7H,2,4-5H2. The van der Waals surface area contributed by atoms with Gasteiger partial charge < -0.3 is 9.47 Å². The Labute approximate surface area is 79.6 Å². The lowest BCUT2D eigenvalue weighted by atomic mass is 10.1. The van der Waals surface area contributed by atoms with Crippen molar-refractivity contribution in [2.45, 2.75) is 17.0 Å². The van der Waals surface area contributed by atoms with Gasteiger partial charge in [-0.25, -0.2) is 0 Å². The molecule has 0 aromatic carbocycles. The van der Waals surface area contributed by atoms with Crippen LogP contribution in [-0.2, 0) is 9.47 Å². The molecule has 1 saturated heterocycles. The highest BCUT2D eigenvalue weighted by atomic mass is 79.9. The van der Waals surface area contributed by atoms with Gasteiger partial charge in [-0.3, -0.25) is 4.99 Å². The van der Waals surface area contributed by atoms with Crippen LogP contribution in [0, 0.1) is 0 Å². The number of ether oxygens (including phenoxy) is 2. The van der Waals surface area contributed by atoms with Gasteiger partial charge in [-0.15, -0.1) is 0 Å². The molecule has 0 radical (unpaired) electrons. The van der Waals surface area contributed by atoms with Crippen LogP contribution in [0.1, 0.15) is 6.42 Å². The second-order valence-corrected chi connectivity index (χ2v) is 4.34. The van der Waals surface area contributed by atoms with Gasteiger partial charge in [0.05, 0.1) is 13.2 Å². The molecule has 4 heteroatoms. The zero-order chi connectivity index (χ0) is 8.44. The molecule has 0 saturated carbocycles. The van der Waals surface area contributed by atoms with Crippen molar-refractivity contribution in [2.75, 3.05) is 13.2 Å². The second kappa shape index (κ2) is 3.28. The van der Waals surface area contributed by atoms with Gasteiger partial charge in [0.1, 0.15) is 4.32 Å². The van der Waals surface area contributed by atoms with E-state index in [1.165, 1.54) is 0 Å².